The van der Waals surface area contributed by atoms with Gasteiger partial charge in [0, 0.05) is 0 Å². The van der Waals surface area contributed by atoms with Gasteiger partial charge in [-0.3, -0.25) is 14.8 Å². The minimum absolute atomic E-state index is 0.0304. The molecule has 25 heavy (non-hydrogen) atoms. The highest BCUT2D eigenvalue weighted by molar-refractivity contribution is 5.89. The van der Waals surface area contributed by atoms with E-state index in [-0.39, 0.29) is 11.2 Å². The minimum atomic E-state index is -0.646. The Morgan fingerprint density at radius 2 is 1.68 bits per heavy atom. The fraction of sp³-hybridized carbons (Fsp3) is 0. The normalized spacial score (nSPS) is 11.5. The number of H-pyrrole nitrogens is 2. The van der Waals surface area contributed by atoms with Gasteiger partial charge >= 0.3 is 5.69 Å². The first-order valence-corrected chi connectivity index (χ1v) is 7.30. The molecule has 122 valence electrons. The van der Waals surface area contributed by atoms with Crippen molar-refractivity contribution in [1.29, 1.82) is 0 Å². The van der Waals surface area contributed by atoms with Crippen LogP contribution < -0.4 is 17.0 Å². The molecule has 0 saturated carbocycles. The van der Waals surface area contributed by atoms with Gasteiger partial charge in [-0.05, 0) is 24.3 Å². The van der Waals surface area contributed by atoms with Gasteiger partial charge in [-0.15, -0.1) is 5.11 Å². The lowest BCUT2D eigenvalue weighted by Gasteiger charge is -2.03. The number of hydrogen-bond acceptors (Lipinski definition) is 7. The molecule has 2 heterocycles. The summed E-state index contributed by atoms with van der Waals surface area (Å²) < 4.78 is 0. The molecule has 0 bridgehead atoms. The minimum Gasteiger partial charge on any atom is -0.397 e. The molecule has 0 radical (unpaired) electrons. The van der Waals surface area contributed by atoms with E-state index in [1.807, 2.05) is 30.3 Å². The van der Waals surface area contributed by atoms with Gasteiger partial charge in [0.25, 0.3) is 5.56 Å². The summed E-state index contributed by atoms with van der Waals surface area (Å²) in [4.78, 5) is 36.2. The summed E-state index contributed by atoms with van der Waals surface area (Å²) in [7, 11) is 0. The molecule has 0 fully saturated rings. The molecule has 0 amide bonds. The van der Waals surface area contributed by atoms with Gasteiger partial charge in [0.05, 0.1) is 22.4 Å². The number of nitrogens with two attached hydrogens (primary N) is 1. The molecule has 4 aromatic rings. The third kappa shape index (κ3) is 2.74. The van der Waals surface area contributed by atoms with Crippen LogP contribution in [0.25, 0.3) is 22.2 Å². The van der Waals surface area contributed by atoms with E-state index in [0.29, 0.717) is 28.1 Å². The van der Waals surface area contributed by atoms with Crippen LogP contribution in [0.3, 0.4) is 0 Å². The molecule has 4 rings (SSSR count). The predicted molar refractivity (Wildman–Crippen MR) is 93.3 cm³/mol. The third-order valence-electron chi connectivity index (χ3n) is 3.52. The molecule has 2 aromatic heterocycles. The second kappa shape index (κ2) is 5.64. The molecule has 0 spiro atoms. The van der Waals surface area contributed by atoms with Crippen LogP contribution in [0, 0.1) is 0 Å². The maximum atomic E-state index is 11.9. The van der Waals surface area contributed by atoms with Crippen LogP contribution in [-0.2, 0) is 0 Å². The fourth-order valence-electron chi connectivity index (χ4n) is 2.35. The lowest BCUT2D eigenvalue weighted by Crippen LogP contribution is -2.23. The molecule has 0 atom stereocenters. The van der Waals surface area contributed by atoms with Gasteiger partial charge < -0.3 is 5.73 Å². The van der Waals surface area contributed by atoms with E-state index in [1.54, 1.807) is 12.1 Å². The van der Waals surface area contributed by atoms with Gasteiger partial charge in [-0.25, -0.2) is 14.8 Å². The summed E-state index contributed by atoms with van der Waals surface area (Å²) in [5.74, 6) is 0. The van der Waals surface area contributed by atoms with Crippen LogP contribution in [0.5, 0.6) is 0 Å². The van der Waals surface area contributed by atoms with Crippen molar-refractivity contribution >= 4 is 39.3 Å². The Hall–Kier alpha value is -3.88. The highest BCUT2D eigenvalue weighted by Gasteiger charge is 2.09. The lowest BCUT2D eigenvalue weighted by atomic mass is 10.2. The molecule has 0 saturated heterocycles. The number of aromatic amines is 2. The lowest BCUT2D eigenvalue weighted by molar-refractivity contribution is 1.05. The van der Waals surface area contributed by atoms with E-state index in [2.05, 4.69) is 30.2 Å². The number of benzene rings is 2. The Morgan fingerprint density at radius 1 is 0.920 bits per heavy atom. The van der Waals surface area contributed by atoms with E-state index in [0.717, 1.165) is 0 Å². The topological polar surface area (TPSA) is 142 Å². The van der Waals surface area contributed by atoms with Crippen LogP contribution in [0.4, 0.5) is 17.1 Å². The highest BCUT2D eigenvalue weighted by Crippen LogP contribution is 2.28. The van der Waals surface area contributed by atoms with E-state index < -0.39 is 11.2 Å². The van der Waals surface area contributed by atoms with E-state index in [4.69, 9.17) is 5.73 Å². The average molecular weight is 333 g/mol. The molecular weight excluding hydrogens is 322 g/mol. The number of rotatable bonds is 2. The van der Waals surface area contributed by atoms with E-state index in [9.17, 15) is 9.59 Å². The first kappa shape index (κ1) is 14.7. The molecule has 0 aliphatic rings. The summed E-state index contributed by atoms with van der Waals surface area (Å²) in [5, 5.41) is 8.25. The van der Waals surface area contributed by atoms with Crippen LogP contribution in [0.2, 0.25) is 0 Å². The van der Waals surface area contributed by atoms with Gasteiger partial charge in [-0.2, -0.15) is 5.11 Å². The number of anilines is 1. The zero-order valence-electron chi connectivity index (χ0n) is 12.7. The quantitative estimate of drug-likeness (QED) is 0.293. The zero-order chi connectivity index (χ0) is 17.4. The Balaban J connectivity index is 1.88. The summed E-state index contributed by atoms with van der Waals surface area (Å²) in [5.41, 5.74) is 7.16. The number of azo groups is 1. The summed E-state index contributed by atoms with van der Waals surface area (Å²) >= 11 is 0. The van der Waals surface area contributed by atoms with Crippen LogP contribution in [0.15, 0.2) is 62.3 Å². The van der Waals surface area contributed by atoms with Crippen LogP contribution in [0.1, 0.15) is 0 Å². The largest absolute Gasteiger partial charge is 0.397 e. The number of fused-ring (bicyclic) bond motifs is 2. The Kier molecular flexibility index (Phi) is 3.31. The van der Waals surface area contributed by atoms with Gasteiger partial charge in [0.2, 0.25) is 0 Å². The molecule has 2 aromatic carbocycles. The Morgan fingerprint density at radius 3 is 2.48 bits per heavy atom. The highest BCUT2D eigenvalue weighted by atomic mass is 16.2. The number of nitrogens with zero attached hydrogens (tertiary/aromatic N) is 4. The van der Waals surface area contributed by atoms with Crippen molar-refractivity contribution in [3.8, 4) is 0 Å². The molecule has 9 nitrogen and oxygen atoms in total. The SMILES string of the molecule is Nc1cc2nc3[nH]c(=O)[nH]c(=O)c3nc2cc1N=Nc1ccccc1. The van der Waals surface area contributed by atoms with Gasteiger partial charge in [-0.1, -0.05) is 18.2 Å². The molecule has 4 N–H and O–H groups in total. The summed E-state index contributed by atoms with van der Waals surface area (Å²) in [6.45, 7) is 0. The van der Waals surface area contributed by atoms with Gasteiger partial charge in [0.1, 0.15) is 5.69 Å². The summed E-state index contributed by atoms with van der Waals surface area (Å²) in [6.07, 6.45) is 0. The van der Waals surface area contributed by atoms with E-state index >= 15 is 0 Å². The Labute approximate surface area is 139 Å². The first-order chi connectivity index (χ1) is 12.1. The van der Waals surface area contributed by atoms with Crippen molar-refractivity contribution in [1.82, 2.24) is 19.9 Å². The monoisotopic (exact) mass is 333 g/mol. The number of nitrogen functional groups attached to an aromatic ring is 1. The van der Waals surface area contributed by atoms with Crippen molar-refractivity contribution in [2.24, 2.45) is 10.2 Å². The standard InChI is InChI=1S/C16H11N7O2/c17-9-6-11-12(7-10(9)23-22-8-4-2-1-3-5-8)18-13-14(19-11)20-16(25)21-15(13)24/h1-7H,17H2,(H2,19,20,21,24,25). The molecule has 0 unspecified atom stereocenters. The van der Waals surface area contributed by atoms with Crippen molar-refractivity contribution in [3.05, 3.63) is 63.3 Å². The molecule has 0 aliphatic heterocycles. The smallest absolute Gasteiger partial charge is 0.327 e. The van der Waals surface area contributed by atoms with Crippen LogP contribution >= 0.6 is 0 Å². The average Bonchev–Trinajstić information content (AvgIpc) is 2.59. The second-order valence-electron chi connectivity index (χ2n) is 5.26. The maximum Gasteiger partial charge on any atom is 0.327 e. The molecule has 0 aliphatic carbocycles. The van der Waals surface area contributed by atoms with Gasteiger partial charge in [0.15, 0.2) is 11.2 Å². The van der Waals surface area contributed by atoms with Crippen molar-refractivity contribution < 1.29 is 0 Å². The van der Waals surface area contributed by atoms with Crippen molar-refractivity contribution in [2.45, 2.75) is 0 Å². The van der Waals surface area contributed by atoms with Crippen molar-refractivity contribution in [3.63, 3.8) is 0 Å². The fourth-order valence-corrected chi connectivity index (χ4v) is 2.35. The second-order valence-corrected chi connectivity index (χ2v) is 5.26. The third-order valence-corrected chi connectivity index (χ3v) is 3.52. The maximum absolute atomic E-state index is 11.9. The number of hydrogen-bond donors (Lipinski definition) is 3. The van der Waals surface area contributed by atoms with Crippen LogP contribution in [-0.4, -0.2) is 19.9 Å². The molecule has 9 heteroatoms. The van der Waals surface area contributed by atoms with Crippen molar-refractivity contribution in [2.75, 3.05) is 5.73 Å². The summed E-state index contributed by atoms with van der Waals surface area (Å²) in [6, 6.07) is 12.4. The molecular formula is C16H11N7O2. The number of aromatic nitrogens is 4. The van der Waals surface area contributed by atoms with E-state index in [1.165, 1.54) is 0 Å². The first-order valence-electron chi connectivity index (χ1n) is 7.30. The zero-order valence-corrected chi connectivity index (χ0v) is 12.7. The predicted octanol–water partition coefficient (Wildman–Crippen LogP) is 2.16. The Bertz CT molecular complexity index is 1240. The number of nitrogens with one attached hydrogen (secondary N) is 2.